The number of para-hydroxylation sites is 2. The van der Waals surface area contributed by atoms with Crippen LogP contribution in [0.4, 0.5) is 0 Å². The first-order valence-corrected chi connectivity index (χ1v) is 13.9. The van der Waals surface area contributed by atoms with Crippen molar-refractivity contribution in [3.8, 4) is 0 Å². The van der Waals surface area contributed by atoms with Crippen molar-refractivity contribution >= 4 is 45.5 Å². The van der Waals surface area contributed by atoms with Crippen molar-refractivity contribution in [3.63, 3.8) is 0 Å². The first-order chi connectivity index (χ1) is 20.3. The average Bonchev–Trinajstić information content (AvgIpc) is 3.74. The van der Waals surface area contributed by atoms with Crippen molar-refractivity contribution in [1.82, 2.24) is 25.5 Å². The minimum absolute atomic E-state index is 0.146. The Morgan fingerprint density at radius 3 is 2.10 bits per heavy atom. The number of aliphatic hydroxyl groups excluding tert-OH is 1. The fourth-order valence-electron chi connectivity index (χ4n) is 5.59. The topological polar surface area (TPSA) is 194 Å². The molecule has 1 aliphatic rings. The Kier molecular flexibility index (Phi) is 8.55. The number of aromatic nitrogens is 2. The number of carboxylic acids is 1. The second-order valence-corrected chi connectivity index (χ2v) is 10.6. The summed E-state index contributed by atoms with van der Waals surface area (Å²) in [6.07, 6.45) is 4.84. The number of likely N-dealkylation sites (tertiary alicyclic amines) is 1. The molecule has 12 heteroatoms. The number of hydrogen-bond acceptors (Lipinski definition) is 6. The van der Waals surface area contributed by atoms with E-state index in [4.69, 9.17) is 5.73 Å². The molecule has 3 heterocycles. The summed E-state index contributed by atoms with van der Waals surface area (Å²) in [7, 11) is 0. The van der Waals surface area contributed by atoms with Crippen LogP contribution < -0.4 is 16.4 Å². The van der Waals surface area contributed by atoms with Gasteiger partial charge in [0, 0.05) is 47.2 Å². The highest BCUT2D eigenvalue weighted by Gasteiger charge is 2.39. The number of aliphatic carboxylic acids is 1. The van der Waals surface area contributed by atoms with Crippen LogP contribution in [0.25, 0.3) is 21.8 Å². The van der Waals surface area contributed by atoms with E-state index >= 15 is 0 Å². The molecule has 0 aliphatic carbocycles. The molecule has 4 atom stereocenters. The standard InChI is InChI=1S/C30H34N6O6/c31-21(12-17-14-32-22-8-3-1-6-19(17)22)27(38)34-24(13-18-15-33-23-9-4-2-7-20(18)23)29(40)36-11-5-10-26(36)28(39)35-25(16-37)30(41)42/h1-4,6-9,14-15,21,24-26,32-33,37H,5,10-13,16,31H2,(H,34,38)(H,35,39)(H,41,42). The zero-order valence-corrected chi connectivity index (χ0v) is 22.9. The molecular weight excluding hydrogens is 540 g/mol. The van der Waals surface area contributed by atoms with Crippen LogP contribution in [0.1, 0.15) is 24.0 Å². The van der Waals surface area contributed by atoms with Crippen LogP contribution in [0.3, 0.4) is 0 Å². The predicted octanol–water partition coefficient (Wildman–Crippen LogP) is 0.799. The van der Waals surface area contributed by atoms with E-state index in [2.05, 4.69) is 20.6 Å². The van der Waals surface area contributed by atoms with E-state index in [1.165, 1.54) is 4.90 Å². The van der Waals surface area contributed by atoms with Crippen molar-refractivity contribution in [3.05, 3.63) is 72.1 Å². The number of amides is 3. The summed E-state index contributed by atoms with van der Waals surface area (Å²) in [6, 6.07) is 10.9. The third kappa shape index (κ3) is 5.99. The minimum atomic E-state index is -1.49. The average molecular weight is 575 g/mol. The first-order valence-electron chi connectivity index (χ1n) is 13.9. The summed E-state index contributed by atoms with van der Waals surface area (Å²) in [5.41, 5.74) is 9.83. The van der Waals surface area contributed by atoms with Gasteiger partial charge in [0.15, 0.2) is 0 Å². The van der Waals surface area contributed by atoms with Crippen LogP contribution in [0.2, 0.25) is 0 Å². The molecule has 4 aromatic rings. The van der Waals surface area contributed by atoms with Crippen molar-refractivity contribution in [1.29, 1.82) is 0 Å². The fourth-order valence-corrected chi connectivity index (χ4v) is 5.59. The van der Waals surface area contributed by atoms with E-state index in [9.17, 15) is 29.4 Å². The molecule has 0 radical (unpaired) electrons. The maximum atomic E-state index is 14.0. The Bertz CT molecular complexity index is 1610. The van der Waals surface area contributed by atoms with E-state index in [-0.39, 0.29) is 19.4 Å². The fraction of sp³-hybridized carbons (Fsp3) is 0.333. The molecule has 42 heavy (non-hydrogen) atoms. The van der Waals surface area contributed by atoms with Gasteiger partial charge in [-0.1, -0.05) is 36.4 Å². The molecule has 2 aromatic heterocycles. The number of H-pyrrole nitrogens is 2. The van der Waals surface area contributed by atoms with Gasteiger partial charge in [-0.2, -0.15) is 0 Å². The second-order valence-electron chi connectivity index (χ2n) is 10.6. The zero-order chi connectivity index (χ0) is 29.8. The maximum Gasteiger partial charge on any atom is 0.328 e. The molecule has 1 saturated heterocycles. The minimum Gasteiger partial charge on any atom is -0.480 e. The molecule has 0 bridgehead atoms. The number of nitrogens with zero attached hydrogens (tertiary/aromatic N) is 1. The van der Waals surface area contributed by atoms with Gasteiger partial charge in [0.2, 0.25) is 17.7 Å². The Labute approximate surface area is 241 Å². The SMILES string of the molecule is NC(Cc1c[nH]c2ccccc12)C(=O)NC(Cc1c[nH]c2ccccc12)C(=O)N1CCCC1C(=O)NC(CO)C(=O)O. The van der Waals surface area contributed by atoms with Crippen LogP contribution in [-0.4, -0.2) is 86.1 Å². The van der Waals surface area contributed by atoms with Gasteiger partial charge in [-0.05, 0) is 42.5 Å². The molecule has 12 nitrogen and oxygen atoms in total. The highest BCUT2D eigenvalue weighted by molar-refractivity contribution is 5.95. The van der Waals surface area contributed by atoms with Gasteiger partial charge in [0.25, 0.3) is 0 Å². The number of fused-ring (bicyclic) bond motifs is 2. The number of rotatable bonds is 11. The number of nitrogens with two attached hydrogens (primary N) is 1. The quantitative estimate of drug-likeness (QED) is 0.138. The molecule has 5 rings (SSSR count). The van der Waals surface area contributed by atoms with Crippen LogP contribution in [0.15, 0.2) is 60.9 Å². The van der Waals surface area contributed by atoms with Crippen LogP contribution in [0.5, 0.6) is 0 Å². The van der Waals surface area contributed by atoms with E-state index < -0.39 is 54.5 Å². The lowest BCUT2D eigenvalue weighted by atomic mass is 10.0. The number of aliphatic hydroxyl groups is 1. The molecule has 3 amide bonds. The second kappa shape index (κ2) is 12.5. The monoisotopic (exact) mass is 574 g/mol. The number of nitrogens with one attached hydrogen (secondary N) is 4. The third-order valence-electron chi connectivity index (χ3n) is 7.80. The molecular formula is C30H34N6O6. The maximum absolute atomic E-state index is 14.0. The predicted molar refractivity (Wildman–Crippen MR) is 155 cm³/mol. The summed E-state index contributed by atoms with van der Waals surface area (Å²) in [4.78, 5) is 59.4. The number of carbonyl (C=O) groups excluding carboxylic acids is 3. The summed E-state index contributed by atoms with van der Waals surface area (Å²) in [5.74, 6) is -3.03. The third-order valence-corrected chi connectivity index (χ3v) is 7.80. The number of benzene rings is 2. The lowest BCUT2D eigenvalue weighted by molar-refractivity contribution is -0.145. The molecule has 220 valence electrons. The smallest absolute Gasteiger partial charge is 0.328 e. The Morgan fingerprint density at radius 2 is 1.50 bits per heavy atom. The van der Waals surface area contributed by atoms with E-state index in [1.54, 1.807) is 6.20 Å². The lowest BCUT2D eigenvalue weighted by Gasteiger charge is -2.30. The number of aromatic amines is 2. The molecule has 2 aromatic carbocycles. The highest BCUT2D eigenvalue weighted by atomic mass is 16.4. The Balaban J connectivity index is 1.37. The largest absolute Gasteiger partial charge is 0.480 e. The highest BCUT2D eigenvalue weighted by Crippen LogP contribution is 2.24. The van der Waals surface area contributed by atoms with Crippen LogP contribution in [-0.2, 0) is 32.0 Å². The number of hydrogen-bond donors (Lipinski definition) is 7. The summed E-state index contributed by atoms with van der Waals surface area (Å²) < 4.78 is 0. The van der Waals surface area contributed by atoms with Gasteiger partial charge in [-0.15, -0.1) is 0 Å². The van der Waals surface area contributed by atoms with Gasteiger partial charge in [0.05, 0.1) is 12.6 Å². The van der Waals surface area contributed by atoms with E-state index in [0.29, 0.717) is 12.8 Å². The Hall–Kier alpha value is -4.68. The van der Waals surface area contributed by atoms with Crippen molar-refractivity contribution in [2.75, 3.05) is 13.2 Å². The zero-order valence-electron chi connectivity index (χ0n) is 22.9. The molecule has 8 N–H and O–H groups in total. The number of carbonyl (C=O) groups is 4. The molecule has 1 aliphatic heterocycles. The van der Waals surface area contributed by atoms with Crippen LogP contribution >= 0.6 is 0 Å². The Morgan fingerprint density at radius 1 is 0.905 bits per heavy atom. The number of carboxylic acid groups (broad SMARTS) is 1. The van der Waals surface area contributed by atoms with Crippen molar-refractivity contribution in [2.24, 2.45) is 5.73 Å². The summed E-state index contributed by atoms with van der Waals surface area (Å²) in [5, 5.41) is 25.6. The van der Waals surface area contributed by atoms with Gasteiger partial charge < -0.3 is 41.4 Å². The lowest BCUT2D eigenvalue weighted by Crippen LogP contribution is -2.57. The van der Waals surface area contributed by atoms with Crippen LogP contribution in [0, 0.1) is 0 Å². The van der Waals surface area contributed by atoms with Gasteiger partial charge in [-0.25, -0.2) is 4.79 Å². The van der Waals surface area contributed by atoms with E-state index in [0.717, 1.165) is 32.9 Å². The van der Waals surface area contributed by atoms with Gasteiger partial charge >= 0.3 is 5.97 Å². The van der Waals surface area contributed by atoms with Crippen molar-refractivity contribution in [2.45, 2.75) is 49.9 Å². The van der Waals surface area contributed by atoms with Crippen molar-refractivity contribution < 1.29 is 29.4 Å². The normalized spacial score (nSPS) is 17.2. The summed E-state index contributed by atoms with van der Waals surface area (Å²) in [6.45, 7) is -0.523. The van der Waals surface area contributed by atoms with Gasteiger partial charge in [-0.3, -0.25) is 14.4 Å². The molecule has 0 spiro atoms. The first kappa shape index (κ1) is 28.8. The molecule has 0 saturated carbocycles. The summed E-state index contributed by atoms with van der Waals surface area (Å²) >= 11 is 0. The van der Waals surface area contributed by atoms with E-state index in [1.807, 2.05) is 54.7 Å². The molecule has 4 unspecified atom stereocenters. The molecule has 1 fully saturated rings. The van der Waals surface area contributed by atoms with Gasteiger partial charge in [0.1, 0.15) is 18.1 Å².